The summed E-state index contributed by atoms with van der Waals surface area (Å²) < 4.78 is 13.0. The number of halogens is 1. The van der Waals surface area contributed by atoms with Gasteiger partial charge in [-0.3, -0.25) is 4.79 Å². The minimum Gasteiger partial charge on any atom is -0.508 e. The molecule has 1 amide bonds. The Morgan fingerprint density at radius 3 is 2.42 bits per heavy atom. The second-order valence-corrected chi connectivity index (χ2v) is 5.75. The molecule has 0 radical (unpaired) electrons. The molecular formula is C19H23FN4O2. The Balaban J connectivity index is 1.96. The van der Waals surface area contributed by atoms with Crippen molar-refractivity contribution in [2.45, 2.75) is 13.5 Å². The number of nitrogens with zero attached hydrogens (tertiary/aromatic N) is 2. The minimum atomic E-state index is -0.275. The van der Waals surface area contributed by atoms with Gasteiger partial charge in [0, 0.05) is 25.8 Å². The van der Waals surface area contributed by atoms with Gasteiger partial charge in [0.05, 0.1) is 0 Å². The van der Waals surface area contributed by atoms with E-state index in [1.807, 2.05) is 18.9 Å². The molecule has 0 spiro atoms. The van der Waals surface area contributed by atoms with Crippen LogP contribution < -0.4 is 10.6 Å². The zero-order chi connectivity index (χ0) is 18.9. The van der Waals surface area contributed by atoms with Crippen molar-refractivity contribution < 1.29 is 14.3 Å². The summed E-state index contributed by atoms with van der Waals surface area (Å²) in [5.41, 5.74) is 1.53. The molecule has 6 nitrogen and oxygen atoms in total. The molecule has 0 atom stereocenters. The molecule has 0 saturated carbocycles. The van der Waals surface area contributed by atoms with Crippen LogP contribution in [-0.4, -0.2) is 42.0 Å². The van der Waals surface area contributed by atoms with Gasteiger partial charge in [0.1, 0.15) is 18.1 Å². The molecule has 3 N–H and O–H groups in total. The average molecular weight is 358 g/mol. The normalized spacial score (nSPS) is 11.1. The van der Waals surface area contributed by atoms with Gasteiger partial charge in [0.25, 0.3) is 0 Å². The number of carbonyl (C=O) groups excluding carboxylic acids is 1. The van der Waals surface area contributed by atoms with E-state index in [0.29, 0.717) is 24.7 Å². The van der Waals surface area contributed by atoms with E-state index >= 15 is 0 Å². The van der Waals surface area contributed by atoms with E-state index in [1.165, 1.54) is 24.3 Å². The number of aliphatic imine (C=N–C) groups is 1. The van der Waals surface area contributed by atoms with Crippen LogP contribution in [0.15, 0.2) is 53.5 Å². The van der Waals surface area contributed by atoms with Gasteiger partial charge < -0.3 is 20.6 Å². The Kier molecular flexibility index (Phi) is 6.96. The first-order chi connectivity index (χ1) is 12.5. The number of phenols is 1. The summed E-state index contributed by atoms with van der Waals surface area (Å²) in [7, 11) is 1.85. The second kappa shape index (κ2) is 9.41. The highest BCUT2D eigenvalue weighted by Gasteiger charge is 2.08. The topological polar surface area (TPSA) is 77.0 Å². The molecule has 138 valence electrons. The van der Waals surface area contributed by atoms with Crippen molar-refractivity contribution in [3.8, 4) is 5.75 Å². The third-order valence-corrected chi connectivity index (χ3v) is 3.55. The third kappa shape index (κ3) is 6.08. The average Bonchev–Trinajstić information content (AvgIpc) is 2.62. The van der Waals surface area contributed by atoms with E-state index in [2.05, 4.69) is 15.6 Å². The predicted octanol–water partition coefficient (Wildman–Crippen LogP) is 2.57. The zero-order valence-corrected chi connectivity index (χ0v) is 14.9. The molecule has 0 fully saturated rings. The van der Waals surface area contributed by atoms with Gasteiger partial charge in [0.2, 0.25) is 5.91 Å². The Morgan fingerprint density at radius 1 is 1.15 bits per heavy atom. The summed E-state index contributed by atoms with van der Waals surface area (Å²) in [6, 6.07) is 12.5. The Bertz CT molecular complexity index is 745. The van der Waals surface area contributed by atoms with Gasteiger partial charge in [-0.2, -0.15) is 0 Å². The lowest BCUT2D eigenvalue weighted by atomic mass is 10.2. The third-order valence-electron chi connectivity index (χ3n) is 3.55. The molecule has 0 aliphatic rings. The maximum Gasteiger partial charge on any atom is 0.246 e. The Hall–Kier alpha value is -3.09. The van der Waals surface area contributed by atoms with Crippen molar-refractivity contribution in [1.29, 1.82) is 0 Å². The maximum absolute atomic E-state index is 13.0. The van der Waals surface area contributed by atoms with Crippen LogP contribution >= 0.6 is 0 Å². The maximum atomic E-state index is 13.0. The predicted molar refractivity (Wildman–Crippen MR) is 101 cm³/mol. The smallest absolute Gasteiger partial charge is 0.246 e. The van der Waals surface area contributed by atoms with Crippen LogP contribution in [-0.2, 0) is 11.3 Å². The SMILES string of the molecule is CCNC(=NCC(=O)Nc1ccc(O)cc1)N(C)Cc1ccc(F)cc1. The highest BCUT2D eigenvalue weighted by Crippen LogP contribution is 2.13. The summed E-state index contributed by atoms with van der Waals surface area (Å²) >= 11 is 0. The molecule has 2 rings (SSSR count). The van der Waals surface area contributed by atoms with Crippen LogP contribution in [0, 0.1) is 5.82 Å². The molecule has 2 aromatic rings. The van der Waals surface area contributed by atoms with Crippen molar-refractivity contribution in [3.05, 3.63) is 59.9 Å². The van der Waals surface area contributed by atoms with Crippen LogP contribution in [0.4, 0.5) is 10.1 Å². The monoisotopic (exact) mass is 358 g/mol. The molecule has 0 saturated heterocycles. The fraction of sp³-hybridized carbons (Fsp3) is 0.263. The molecule has 2 aromatic carbocycles. The largest absolute Gasteiger partial charge is 0.508 e. The van der Waals surface area contributed by atoms with Crippen molar-refractivity contribution in [2.75, 3.05) is 25.5 Å². The van der Waals surface area contributed by atoms with Crippen LogP contribution in [0.1, 0.15) is 12.5 Å². The van der Waals surface area contributed by atoms with Crippen LogP contribution in [0.5, 0.6) is 5.75 Å². The van der Waals surface area contributed by atoms with E-state index in [4.69, 9.17) is 0 Å². The van der Waals surface area contributed by atoms with Crippen molar-refractivity contribution in [1.82, 2.24) is 10.2 Å². The van der Waals surface area contributed by atoms with Crippen LogP contribution in [0.3, 0.4) is 0 Å². The molecule has 7 heteroatoms. The number of aromatic hydroxyl groups is 1. The molecular weight excluding hydrogens is 335 g/mol. The van der Waals surface area contributed by atoms with Crippen LogP contribution in [0.2, 0.25) is 0 Å². The zero-order valence-electron chi connectivity index (χ0n) is 14.9. The molecule has 0 aromatic heterocycles. The summed E-state index contributed by atoms with van der Waals surface area (Å²) in [6.07, 6.45) is 0. The first-order valence-corrected chi connectivity index (χ1v) is 8.30. The summed E-state index contributed by atoms with van der Waals surface area (Å²) in [5.74, 6) is 0.180. The number of amides is 1. The van der Waals surface area contributed by atoms with Gasteiger partial charge >= 0.3 is 0 Å². The number of rotatable bonds is 6. The Labute approximate surface area is 152 Å². The molecule has 26 heavy (non-hydrogen) atoms. The summed E-state index contributed by atoms with van der Waals surface area (Å²) in [6.45, 7) is 3.09. The highest BCUT2D eigenvalue weighted by molar-refractivity contribution is 5.94. The lowest BCUT2D eigenvalue weighted by Gasteiger charge is -2.22. The van der Waals surface area contributed by atoms with Gasteiger partial charge in [-0.15, -0.1) is 0 Å². The number of hydrogen-bond acceptors (Lipinski definition) is 3. The van der Waals surface area contributed by atoms with Gasteiger partial charge in [-0.25, -0.2) is 9.38 Å². The Morgan fingerprint density at radius 2 is 1.81 bits per heavy atom. The van der Waals surface area contributed by atoms with Crippen molar-refractivity contribution in [2.24, 2.45) is 4.99 Å². The number of guanidine groups is 1. The molecule has 0 bridgehead atoms. The molecule has 0 heterocycles. The fourth-order valence-corrected chi connectivity index (χ4v) is 2.30. The van der Waals surface area contributed by atoms with Gasteiger partial charge in [-0.1, -0.05) is 12.1 Å². The van der Waals surface area contributed by atoms with E-state index < -0.39 is 0 Å². The number of carbonyl (C=O) groups is 1. The molecule has 0 aliphatic carbocycles. The number of benzene rings is 2. The molecule has 0 unspecified atom stereocenters. The molecule has 0 aliphatic heterocycles. The summed E-state index contributed by atoms with van der Waals surface area (Å²) in [4.78, 5) is 18.3. The van der Waals surface area contributed by atoms with Crippen LogP contribution in [0.25, 0.3) is 0 Å². The first-order valence-electron chi connectivity index (χ1n) is 8.30. The summed E-state index contributed by atoms with van der Waals surface area (Å²) in [5, 5.41) is 15.1. The number of phenolic OH excluding ortho intramolecular Hbond substituents is 1. The highest BCUT2D eigenvalue weighted by atomic mass is 19.1. The van der Waals surface area contributed by atoms with E-state index in [-0.39, 0.29) is 24.0 Å². The van der Waals surface area contributed by atoms with Gasteiger partial charge in [-0.05, 0) is 48.9 Å². The van der Waals surface area contributed by atoms with Crippen molar-refractivity contribution >= 4 is 17.6 Å². The fourth-order valence-electron chi connectivity index (χ4n) is 2.30. The lowest BCUT2D eigenvalue weighted by molar-refractivity contribution is -0.114. The lowest BCUT2D eigenvalue weighted by Crippen LogP contribution is -2.39. The number of nitrogens with one attached hydrogen (secondary N) is 2. The van der Waals surface area contributed by atoms with E-state index in [0.717, 1.165) is 5.56 Å². The van der Waals surface area contributed by atoms with E-state index in [9.17, 15) is 14.3 Å². The number of hydrogen-bond donors (Lipinski definition) is 3. The number of anilines is 1. The quantitative estimate of drug-likeness (QED) is 0.421. The first kappa shape index (κ1) is 19.2. The second-order valence-electron chi connectivity index (χ2n) is 5.75. The van der Waals surface area contributed by atoms with E-state index in [1.54, 1.807) is 24.3 Å². The van der Waals surface area contributed by atoms with Gasteiger partial charge in [0.15, 0.2) is 5.96 Å². The standard InChI is InChI=1S/C19H23FN4O2/c1-3-21-19(24(2)13-14-4-6-15(20)7-5-14)22-12-18(26)23-16-8-10-17(25)11-9-16/h4-11,25H,3,12-13H2,1-2H3,(H,21,22)(H,23,26). The van der Waals surface area contributed by atoms with Crippen molar-refractivity contribution in [3.63, 3.8) is 0 Å². The minimum absolute atomic E-state index is 0.0447.